The van der Waals surface area contributed by atoms with Gasteiger partial charge in [0, 0.05) is 24.4 Å². The number of para-hydroxylation sites is 1. The summed E-state index contributed by atoms with van der Waals surface area (Å²) in [6.45, 7) is 2.05. The van der Waals surface area contributed by atoms with E-state index >= 15 is 0 Å². The van der Waals surface area contributed by atoms with E-state index in [0.717, 1.165) is 40.1 Å². The van der Waals surface area contributed by atoms with E-state index in [4.69, 9.17) is 4.98 Å². The first-order valence-corrected chi connectivity index (χ1v) is 9.08. The number of rotatable bonds is 5. The number of nitrogens with one attached hydrogen (secondary N) is 1. The van der Waals surface area contributed by atoms with Crippen LogP contribution in [-0.2, 0) is 11.2 Å². The van der Waals surface area contributed by atoms with Crippen LogP contribution in [-0.4, -0.2) is 15.3 Å². The van der Waals surface area contributed by atoms with Gasteiger partial charge in [-0.3, -0.25) is 4.79 Å². The van der Waals surface area contributed by atoms with E-state index in [0.29, 0.717) is 6.42 Å². The number of amides is 1. The summed E-state index contributed by atoms with van der Waals surface area (Å²) in [5, 5.41) is 3.05. The first-order valence-electron chi connectivity index (χ1n) is 9.08. The molecule has 4 heteroatoms. The SMILES string of the molecule is Cc1cccn2cc(-c3ccccc3NC(=O)CCc3ccccc3)nc12. The smallest absolute Gasteiger partial charge is 0.224 e. The van der Waals surface area contributed by atoms with E-state index in [-0.39, 0.29) is 5.91 Å². The molecule has 0 radical (unpaired) electrons. The van der Waals surface area contributed by atoms with Gasteiger partial charge in [0.1, 0.15) is 5.65 Å². The predicted octanol–water partition coefficient (Wildman–Crippen LogP) is 4.88. The molecule has 2 aromatic carbocycles. The summed E-state index contributed by atoms with van der Waals surface area (Å²) in [7, 11) is 0. The van der Waals surface area contributed by atoms with Crippen LogP contribution in [0.5, 0.6) is 0 Å². The lowest BCUT2D eigenvalue weighted by Crippen LogP contribution is -2.13. The van der Waals surface area contributed by atoms with Gasteiger partial charge in [-0.15, -0.1) is 0 Å². The van der Waals surface area contributed by atoms with E-state index in [9.17, 15) is 4.79 Å². The van der Waals surface area contributed by atoms with Crippen molar-refractivity contribution in [3.63, 3.8) is 0 Å². The molecule has 2 aromatic heterocycles. The fraction of sp³-hybridized carbons (Fsp3) is 0.130. The van der Waals surface area contributed by atoms with Crippen molar-refractivity contribution >= 4 is 17.2 Å². The molecule has 1 amide bonds. The summed E-state index contributed by atoms with van der Waals surface area (Å²) in [4.78, 5) is 17.2. The van der Waals surface area contributed by atoms with Gasteiger partial charge >= 0.3 is 0 Å². The molecule has 0 saturated carbocycles. The van der Waals surface area contributed by atoms with Crippen LogP contribution in [0.15, 0.2) is 79.1 Å². The van der Waals surface area contributed by atoms with Crippen molar-refractivity contribution in [1.29, 1.82) is 0 Å². The van der Waals surface area contributed by atoms with Crippen LogP contribution < -0.4 is 5.32 Å². The minimum Gasteiger partial charge on any atom is -0.325 e. The molecule has 0 atom stereocenters. The number of aryl methyl sites for hydroxylation is 2. The van der Waals surface area contributed by atoms with Gasteiger partial charge in [0.15, 0.2) is 0 Å². The molecule has 0 aliphatic rings. The summed E-state index contributed by atoms with van der Waals surface area (Å²) in [6.07, 6.45) is 5.15. The third-order valence-electron chi connectivity index (χ3n) is 4.64. The standard InChI is InChI=1S/C23H21N3O/c1-17-8-7-15-26-16-21(25-23(17)26)19-11-5-6-12-20(19)24-22(27)14-13-18-9-3-2-4-10-18/h2-12,15-16H,13-14H2,1H3,(H,24,27). The fourth-order valence-electron chi connectivity index (χ4n) is 3.21. The zero-order valence-corrected chi connectivity index (χ0v) is 15.2. The highest BCUT2D eigenvalue weighted by Crippen LogP contribution is 2.28. The Labute approximate surface area is 158 Å². The van der Waals surface area contributed by atoms with E-state index in [1.54, 1.807) is 0 Å². The molecule has 4 rings (SSSR count). The Morgan fingerprint density at radius 2 is 1.78 bits per heavy atom. The first-order chi connectivity index (χ1) is 13.2. The lowest BCUT2D eigenvalue weighted by molar-refractivity contribution is -0.116. The third kappa shape index (κ3) is 3.75. The monoisotopic (exact) mass is 355 g/mol. The molecule has 0 saturated heterocycles. The maximum absolute atomic E-state index is 12.5. The Kier molecular flexibility index (Phi) is 4.71. The number of nitrogens with zero attached hydrogens (tertiary/aromatic N) is 2. The lowest BCUT2D eigenvalue weighted by atomic mass is 10.1. The van der Waals surface area contributed by atoms with Gasteiger partial charge in [0.05, 0.1) is 11.4 Å². The Hall–Kier alpha value is -3.40. The molecule has 0 aliphatic carbocycles. The maximum atomic E-state index is 12.5. The Bertz CT molecular complexity index is 1080. The fourth-order valence-corrected chi connectivity index (χ4v) is 3.21. The molecule has 27 heavy (non-hydrogen) atoms. The molecule has 134 valence electrons. The predicted molar refractivity (Wildman–Crippen MR) is 109 cm³/mol. The normalized spacial score (nSPS) is 10.9. The molecule has 0 spiro atoms. The average Bonchev–Trinajstić information content (AvgIpc) is 3.13. The number of fused-ring (bicyclic) bond motifs is 1. The summed E-state index contributed by atoms with van der Waals surface area (Å²) >= 11 is 0. The molecule has 0 unspecified atom stereocenters. The largest absolute Gasteiger partial charge is 0.325 e. The molecule has 4 nitrogen and oxygen atoms in total. The maximum Gasteiger partial charge on any atom is 0.224 e. The van der Waals surface area contributed by atoms with E-state index < -0.39 is 0 Å². The summed E-state index contributed by atoms with van der Waals surface area (Å²) in [6, 6.07) is 21.9. The second-order valence-corrected chi connectivity index (χ2v) is 6.63. The highest BCUT2D eigenvalue weighted by molar-refractivity contribution is 5.95. The average molecular weight is 355 g/mol. The van der Waals surface area contributed by atoms with Crippen molar-refractivity contribution in [1.82, 2.24) is 9.38 Å². The number of carbonyl (C=O) groups excluding carboxylic acids is 1. The van der Waals surface area contributed by atoms with Crippen LogP contribution in [0.2, 0.25) is 0 Å². The molecule has 0 aliphatic heterocycles. The molecule has 2 heterocycles. The quantitative estimate of drug-likeness (QED) is 0.554. The highest BCUT2D eigenvalue weighted by Gasteiger charge is 2.12. The molecular formula is C23H21N3O. The van der Waals surface area contributed by atoms with Crippen LogP contribution in [0.4, 0.5) is 5.69 Å². The van der Waals surface area contributed by atoms with E-state index in [1.165, 1.54) is 0 Å². The molecular weight excluding hydrogens is 334 g/mol. The number of aromatic nitrogens is 2. The van der Waals surface area contributed by atoms with Crippen molar-refractivity contribution < 1.29 is 4.79 Å². The third-order valence-corrected chi connectivity index (χ3v) is 4.64. The number of anilines is 1. The number of imidazole rings is 1. The first kappa shape index (κ1) is 17.0. The number of carbonyl (C=O) groups is 1. The summed E-state index contributed by atoms with van der Waals surface area (Å²) < 4.78 is 2.01. The number of hydrogen-bond acceptors (Lipinski definition) is 2. The number of benzene rings is 2. The Morgan fingerprint density at radius 1 is 1.00 bits per heavy atom. The van der Waals surface area contributed by atoms with Crippen molar-refractivity contribution in [2.45, 2.75) is 19.8 Å². The highest BCUT2D eigenvalue weighted by atomic mass is 16.1. The van der Waals surface area contributed by atoms with Crippen molar-refractivity contribution in [3.05, 3.63) is 90.3 Å². The van der Waals surface area contributed by atoms with Crippen molar-refractivity contribution in [2.24, 2.45) is 0 Å². The molecule has 1 N–H and O–H groups in total. The summed E-state index contributed by atoms with van der Waals surface area (Å²) in [5.74, 6) is 0.00578. The van der Waals surface area contributed by atoms with Gasteiger partial charge in [0.25, 0.3) is 0 Å². The van der Waals surface area contributed by atoms with Gasteiger partial charge in [-0.2, -0.15) is 0 Å². The summed E-state index contributed by atoms with van der Waals surface area (Å²) in [5.41, 5.74) is 5.77. The van der Waals surface area contributed by atoms with Gasteiger partial charge < -0.3 is 9.72 Å². The Morgan fingerprint density at radius 3 is 2.59 bits per heavy atom. The minimum absolute atomic E-state index is 0.00578. The zero-order chi connectivity index (χ0) is 18.6. The number of hydrogen-bond donors (Lipinski definition) is 1. The van der Waals surface area contributed by atoms with Crippen LogP contribution in [0.1, 0.15) is 17.5 Å². The van der Waals surface area contributed by atoms with Crippen LogP contribution >= 0.6 is 0 Å². The Balaban J connectivity index is 1.55. The van der Waals surface area contributed by atoms with Gasteiger partial charge in [-0.05, 0) is 36.6 Å². The van der Waals surface area contributed by atoms with Crippen LogP contribution in [0.3, 0.4) is 0 Å². The number of pyridine rings is 1. The topological polar surface area (TPSA) is 46.4 Å². The van der Waals surface area contributed by atoms with E-state index in [2.05, 4.69) is 5.32 Å². The molecule has 0 bridgehead atoms. The second kappa shape index (κ2) is 7.46. The van der Waals surface area contributed by atoms with Crippen LogP contribution in [0, 0.1) is 6.92 Å². The van der Waals surface area contributed by atoms with Gasteiger partial charge in [-0.25, -0.2) is 4.98 Å². The van der Waals surface area contributed by atoms with Crippen molar-refractivity contribution in [3.8, 4) is 11.3 Å². The molecule has 4 aromatic rings. The zero-order valence-electron chi connectivity index (χ0n) is 15.2. The van der Waals surface area contributed by atoms with Gasteiger partial charge in [-0.1, -0.05) is 54.6 Å². The van der Waals surface area contributed by atoms with Crippen molar-refractivity contribution in [2.75, 3.05) is 5.32 Å². The second-order valence-electron chi connectivity index (χ2n) is 6.63. The molecule has 0 fully saturated rings. The van der Waals surface area contributed by atoms with E-state index in [1.807, 2.05) is 90.4 Å². The van der Waals surface area contributed by atoms with Gasteiger partial charge in [0.2, 0.25) is 5.91 Å². The lowest BCUT2D eigenvalue weighted by Gasteiger charge is -2.09. The van der Waals surface area contributed by atoms with Crippen LogP contribution in [0.25, 0.3) is 16.9 Å². The minimum atomic E-state index is 0.00578.